The average molecular weight is 467 g/mol. The van der Waals surface area contributed by atoms with Crippen molar-refractivity contribution in [2.45, 2.75) is 43.6 Å². The van der Waals surface area contributed by atoms with Crippen LogP contribution in [0.15, 0.2) is 47.6 Å². The van der Waals surface area contributed by atoms with Gasteiger partial charge in [-0.2, -0.15) is 0 Å². The first-order chi connectivity index (χ1) is 16.0. The maximum Gasteiger partial charge on any atom is 0.262 e. The molecule has 1 unspecified atom stereocenters. The molecule has 0 fully saturated rings. The number of benzene rings is 2. The van der Waals surface area contributed by atoms with Crippen LogP contribution < -0.4 is 14.8 Å². The molecule has 1 aromatic heterocycles. The summed E-state index contributed by atoms with van der Waals surface area (Å²) in [6, 6.07) is 12.8. The minimum atomic E-state index is -0.392. The number of amides is 1. The number of carbonyl (C=O) groups is 2. The number of aromatic nitrogens is 3. The molecule has 1 amide bonds. The number of unbranched alkanes of at least 4 members (excludes halogenated alkanes) is 1. The van der Waals surface area contributed by atoms with Gasteiger partial charge in [-0.25, -0.2) is 0 Å². The summed E-state index contributed by atoms with van der Waals surface area (Å²) in [4.78, 5) is 24.8. The predicted octanol–water partition coefficient (Wildman–Crippen LogP) is 4.45. The monoisotopic (exact) mass is 466 g/mol. The fourth-order valence-electron chi connectivity index (χ4n) is 3.53. The lowest BCUT2D eigenvalue weighted by molar-refractivity contribution is -0.118. The Labute approximate surface area is 196 Å². The van der Waals surface area contributed by atoms with E-state index in [0.29, 0.717) is 22.2 Å². The Bertz CT molecular complexity index is 1160. The van der Waals surface area contributed by atoms with Crippen molar-refractivity contribution >= 4 is 29.1 Å². The van der Waals surface area contributed by atoms with E-state index in [2.05, 4.69) is 27.0 Å². The number of nitrogens with zero attached hydrogens (tertiary/aromatic N) is 3. The number of hydrogen-bond acceptors (Lipinski definition) is 7. The maximum absolute atomic E-state index is 13.1. The van der Waals surface area contributed by atoms with Crippen LogP contribution in [0.2, 0.25) is 0 Å². The number of Topliss-reactive ketones (excluding diaryl/α,β-unsaturated/α-hetero) is 1. The number of thioether (sulfide) groups is 1. The van der Waals surface area contributed by atoms with E-state index in [1.165, 1.54) is 11.8 Å². The second-order valence-electron chi connectivity index (χ2n) is 7.71. The third-order valence-corrected chi connectivity index (χ3v) is 6.43. The molecule has 8 nitrogen and oxygen atoms in total. The minimum absolute atomic E-state index is 0.0174. The van der Waals surface area contributed by atoms with Gasteiger partial charge in [0, 0.05) is 17.7 Å². The normalized spacial score (nSPS) is 13.6. The van der Waals surface area contributed by atoms with Crippen LogP contribution in [0.5, 0.6) is 11.5 Å². The zero-order valence-corrected chi connectivity index (χ0v) is 19.6. The van der Waals surface area contributed by atoms with Crippen molar-refractivity contribution in [3.63, 3.8) is 0 Å². The van der Waals surface area contributed by atoms with Gasteiger partial charge in [-0.05, 0) is 55.8 Å². The van der Waals surface area contributed by atoms with E-state index in [1.54, 1.807) is 25.3 Å². The molecule has 0 bridgehead atoms. The van der Waals surface area contributed by atoms with Crippen molar-refractivity contribution in [3.05, 3.63) is 48.0 Å². The average Bonchev–Trinajstić information content (AvgIpc) is 3.23. The molecule has 4 rings (SSSR count). The smallest absolute Gasteiger partial charge is 0.262 e. The van der Waals surface area contributed by atoms with Crippen LogP contribution in [0.25, 0.3) is 11.4 Å². The van der Waals surface area contributed by atoms with E-state index in [4.69, 9.17) is 9.47 Å². The standard InChI is InChI=1S/C24H26N4O4S/c1-4-5-12-28-23(16-6-9-18(31-3)10-7-16)26-27-24(28)33-15(2)22(30)17-8-11-20-19(13-17)25-21(29)14-32-20/h6-11,13,15H,4-5,12,14H2,1-3H3,(H,25,29). The molecule has 9 heteroatoms. The van der Waals surface area contributed by atoms with Crippen LogP contribution in [0, 0.1) is 0 Å². The second kappa shape index (κ2) is 10.1. The van der Waals surface area contributed by atoms with Gasteiger partial charge in [0.25, 0.3) is 5.91 Å². The SMILES string of the molecule is CCCCn1c(SC(C)C(=O)c2ccc3c(c2)NC(=O)CO3)nnc1-c1ccc(OC)cc1. The molecule has 1 aliphatic heterocycles. The highest BCUT2D eigenvalue weighted by Crippen LogP contribution is 2.32. The molecule has 2 aromatic carbocycles. The van der Waals surface area contributed by atoms with Gasteiger partial charge in [0.15, 0.2) is 23.4 Å². The van der Waals surface area contributed by atoms with Crippen LogP contribution in [0.3, 0.4) is 0 Å². The van der Waals surface area contributed by atoms with Gasteiger partial charge >= 0.3 is 0 Å². The summed E-state index contributed by atoms with van der Waals surface area (Å²) < 4.78 is 12.7. The Hall–Kier alpha value is -3.33. The number of nitrogens with one attached hydrogen (secondary N) is 1. The predicted molar refractivity (Wildman–Crippen MR) is 127 cm³/mol. The fraction of sp³-hybridized carbons (Fsp3) is 0.333. The molecule has 2 heterocycles. The van der Waals surface area contributed by atoms with Gasteiger partial charge in [-0.3, -0.25) is 9.59 Å². The zero-order chi connectivity index (χ0) is 23.4. The molecular formula is C24H26N4O4S. The second-order valence-corrected chi connectivity index (χ2v) is 9.02. The molecule has 0 aliphatic carbocycles. The molecule has 1 aliphatic rings. The molecule has 1 atom stereocenters. The van der Waals surface area contributed by atoms with E-state index in [-0.39, 0.29) is 18.3 Å². The van der Waals surface area contributed by atoms with Crippen molar-refractivity contribution in [1.29, 1.82) is 0 Å². The van der Waals surface area contributed by atoms with Crippen molar-refractivity contribution in [3.8, 4) is 22.9 Å². The summed E-state index contributed by atoms with van der Waals surface area (Å²) in [6.45, 7) is 4.73. The van der Waals surface area contributed by atoms with E-state index >= 15 is 0 Å². The molecule has 0 radical (unpaired) electrons. The lowest BCUT2D eigenvalue weighted by atomic mass is 10.1. The first kappa shape index (κ1) is 22.8. The molecule has 0 spiro atoms. The molecule has 3 aromatic rings. The topological polar surface area (TPSA) is 95.3 Å². The number of ketones is 1. The van der Waals surface area contributed by atoms with E-state index in [0.717, 1.165) is 36.5 Å². The van der Waals surface area contributed by atoms with Crippen molar-refractivity contribution < 1.29 is 19.1 Å². The number of rotatable bonds is 9. The Morgan fingerprint density at radius 2 is 2.03 bits per heavy atom. The summed E-state index contributed by atoms with van der Waals surface area (Å²) in [5.74, 6) is 1.82. The summed E-state index contributed by atoms with van der Waals surface area (Å²) in [7, 11) is 1.63. The van der Waals surface area contributed by atoms with Gasteiger partial charge < -0.3 is 19.4 Å². The molecular weight excluding hydrogens is 440 g/mol. The van der Waals surface area contributed by atoms with Crippen molar-refractivity contribution in [2.75, 3.05) is 19.0 Å². The lowest BCUT2D eigenvalue weighted by Gasteiger charge is -2.19. The fourth-order valence-corrected chi connectivity index (χ4v) is 4.48. The van der Waals surface area contributed by atoms with Crippen LogP contribution in [-0.4, -0.2) is 45.4 Å². The van der Waals surface area contributed by atoms with E-state index < -0.39 is 5.25 Å². The van der Waals surface area contributed by atoms with E-state index in [1.807, 2.05) is 31.2 Å². The van der Waals surface area contributed by atoms with Crippen LogP contribution in [-0.2, 0) is 11.3 Å². The quantitative estimate of drug-likeness (QED) is 0.368. The zero-order valence-electron chi connectivity index (χ0n) is 18.8. The third kappa shape index (κ3) is 5.03. The Balaban J connectivity index is 1.56. The third-order valence-electron chi connectivity index (χ3n) is 5.35. The maximum atomic E-state index is 13.1. The molecule has 33 heavy (non-hydrogen) atoms. The number of anilines is 1. The highest BCUT2D eigenvalue weighted by molar-refractivity contribution is 8.00. The summed E-state index contributed by atoms with van der Waals surface area (Å²) >= 11 is 1.38. The van der Waals surface area contributed by atoms with Gasteiger partial charge in [-0.1, -0.05) is 25.1 Å². The van der Waals surface area contributed by atoms with E-state index in [9.17, 15) is 9.59 Å². The lowest BCUT2D eigenvalue weighted by Crippen LogP contribution is -2.25. The number of methoxy groups -OCH3 is 1. The molecule has 1 N–H and O–H groups in total. The number of carbonyl (C=O) groups excluding carboxylic acids is 2. The minimum Gasteiger partial charge on any atom is -0.497 e. The van der Waals surface area contributed by atoms with Gasteiger partial charge in [0.05, 0.1) is 18.0 Å². The summed E-state index contributed by atoms with van der Waals surface area (Å²) in [6.07, 6.45) is 2.00. The van der Waals surface area contributed by atoms with Crippen LogP contribution >= 0.6 is 11.8 Å². The highest BCUT2D eigenvalue weighted by Gasteiger charge is 2.24. The van der Waals surface area contributed by atoms with Gasteiger partial charge in [0.2, 0.25) is 0 Å². The summed E-state index contributed by atoms with van der Waals surface area (Å²) in [5.41, 5.74) is 1.97. The van der Waals surface area contributed by atoms with Crippen molar-refractivity contribution in [2.24, 2.45) is 0 Å². The number of hydrogen-bond donors (Lipinski definition) is 1. The first-order valence-electron chi connectivity index (χ1n) is 10.8. The van der Waals surface area contributed by atoms with Crippen LogP contribution in [0.4, 0.5) is 5.69 Å². The first-order valence-corrected chi connectivity index (χ1v) is 11.7. The Morgan fingerprint density at radius 3 is 2.76 bits per heavy atom. The highest BCUT2D eigenvalue weighted by atomic mass is 32.2. The number of fused-ring (bicyclic) bond motifs is 1. The van der Waals surface area contributed by atoms with Gasteiger partial charge in [0.1, 0.15) is 11.5 Å². The number of ether oxygens (including phenoxy) is 2. The Morgan fingerprint density at radius 1 is 1.24 bits per heavy atom. The Kier molecular flexibility index (Phi) is 6.98. The molecule has 0 saturated heterocycles. The largest absolute Gasteiger partial charge is 0.497 e. The van der Waals surface area contributed by atoms with Crippen LogP contribution in [0.1, 0.15) is 37.0 Å². The van der Waals surface area contributed by atoms with Gasteiger partial charge in [-0.15, -0.1) is 10.2 Å². The summed E-state index contributed by atoms with van der Waals surface area (Å²) in [5, 5.41) is 11.9. The van der Waals surface area contributed by atoms with Crippen molar-refractivity contribution in [1.82, 2.24) is 14.8 Å². The molecule has 172 valence electrons. The molecule has 0 saturated carbocycles.